The van der Waals surface area contributed by atoms with Crippen molar-refractivity contribution in [3.8, 4) is 11.5 Å². The maximum atomic E-state index is 11.8. The van der Waals surface area contributed by atoms with Crippen LogP contribution in [-0.2, 0) is 10.5 Å². The predicted octanol–water partition coefficient (Wildman–Crippen LogP) is 4.31. The molecule has 2 N–H and O–H groups in total. The number of halogens is 2. The van der Waals surface area contributed by atoms with E-state index in [9.17, 15) is 9.90 Å². The number of amides is 1. The van der Waals surface area contributed by atoms with Crippen molar-refractivity contribution in [2.45, 2.75) is 5.75 Å². The van der Waals surface area contributed by atoms with E-state index in [0.717, 1.165) is 15.8 Å². The van der Waals surface area contributed by atoms with Gasteiger partial charge >= 0.3 is 0 Å². The maximum Gasteiger partial charge on any atom is 0.250 e. The first-order valence-corrected chi connectivity index (χ1v) is 9.94. The van der Waals surface area contributed by atoms with Crippen LogP contribution >= 0.6 is 43.6 Å². The lowest BCUT2D eigenvalue weighted by molar-refractivity contribution is -0.118. The Kier molecular flexibility index (Phi) is 7.80. The number of aromatic hydroxyl groups is 1. The number of ether oxygens (including phenoxy) is 1. The summed E-state index contributed by atoms with van der Waals surface area (Å²) in [4.78, 5) is 11.8. The molecule has 0 heterocycles. The molecular weight excluding hydrogens is 472 g/mol. The van der Waals surface area contributed by atoms with Crippen molar-refractivity contribution in [3.05, 3.63) is 56.5 Å². The van der Waals surface area contributed by atoms with Crippen molar-refractivity contribution in [2.24, 2.45) is 5.10 Å². The minimum absolute atomic E-state index is 0.0210. The van der Waals surface area contributed by atoms with Gasteiger partial charge in [-0.15, -0.1) is 11.8 Å². The van der Waals surface area contributed by atoms with Gasteiger partial charge in [-0.25, -0.2) is 5.43 Å². The molecule has 0 saturated heterocycles. The van der Waals surface area contributed by atoms with E-state index in [4.69, 9.17) is 4.74 Å². The molecule has 0 spiro atoms. The van der Waals surface area contributed by atoms with Gasteiger partial charge in [-0.3, -0.25) is 4.79 Å². The highest BCUT2D eigenvalue weighted by Gasteiger charge is 2.07. The number of benzene rings is 2. The number of hydrogen-bond donors (Lipinski definition) is 2. The summed E-state index contributed by atoms with van der Waals surface area (Å²) < 4.78 is 6.58. The number of phenolic OH excluding ortho intramolecular Hbond substituents is 1. The van der Waals surface area contributed by atoms with E-state index in [1.807, 2.05) is 24.3 Å². The largest absolute Gasteiger partial charge is 0.503 e. The minimum atomic E-state index is -0.180. The molecule has 2 rings (SSSR count). The molecular formula is C17H16Br2N2O3S. The Morgan fingerprint density at radius 3 is 2.88 bits per heavy atom. The molecule has 0 saturated carbocycles. The third kappa shape index (κ3) is 6.37. The summed E-state index contributed by atoms with van der Waals surface area (Å²) >= 11 is 8.17. The SMILES string of the molecule is COc1cc(/C=N\NC(=O)CSCc2cccc(Br)c2)cc(Br)c1O. The highest BCUT2D eigenvalue weighted by molar-refractivity contribution is 9.10. The number of hydrogen-bond acceptors (Lipinski definition) is 5. The smallest absolute Gasteiger partial charge is 0.250 e. The maximum absolute atomic E-state index is 11.8. The second kappa shape index (κ2) is 9.84. The molecule has 0 fully saturated rings. The highest BCUT2D eigenvalue weighted by atomic mass is 79.9. The topological polar surface area (TPSA) is 70.9 Å². The van der Waals surface area contributed by atoms with Gasteiger partial charge < -0.3 is 9.84 Å². The van der Waals surface area contributed by atoms with Crippen molar-refractivity contribution in [2.75, 3.05) is 12.9 Å². The normalized spacial score (nSPS) is 10.8. The highest BCUT2D eigenvalue weighted by Crippen LogP contribution is 2.34. The van der Waals surface area contributed by atoms with Crippen LogP contribution in [0, 0.1) is 0 Å². The van der Waals surface area contributed by atoms with Gasteiger partial charge in [-0.05, 0) is 51.3 Å². The second-order valence-electron chi connectivity index (χ2n) is 4.97. The van der Waals surface area contributed by atoms with E-state index in [1.54, 1.807) is 12.1 Å². The summed E-state index contributed by atoms with van der Waals surface area (Å²) in [6.45, 7) is 0. The molecule has 0 aliphatic carbocycles. The van der Waals surface area contributed by atoms with Crippen LogP contribution in [0.25, 0.3) is 0 Å². The van der Waals surface area contributed by atoms with E-state index in [-0.39, 0.29) is 11.7 Å². The molecule has 2 aromatic rings. The van der Waals surface area contributed by atoms with E-state index in [0.29, 0.717) is 21.5 Å². The molecule has 132 valence electrons. The number of carbonyl (C=O) groups excluding carboxylic acids is 1. The third-order valence-corrected chi connectivity index (χ3v) is 5.17. The summed E-state index contributed by atoms with van der Waals surface area (Å²) in [5.74, 6) is 1.23. The monoisotopic (exact) mass is 486 g/mol. The number of rotatable bonds is 7. The summed E-state index contributed by atoms with van der Waals surface area (Å²) in [7, 11) is 1.46. The zero-order valence-electron chi connectivity index (χ0n) is 13.3. The standard InChI is InChI=1S/C17H16Br2N2O3S/c1-24-15-7-12(6-14(19)17(15)23)8-20-21-16(22)10-25-9-11-3-2-4-13(18)5-11/h2-8,23H,9-10H2,1H3,(H,21,22)/b20-8-. The Bertz CT molecular complexity index is 784. The van der Waals surface area contributed by atoms with Gasteiger partial charge in [0.05, 0.1) is 23.5 Å². The number of hydrazone groups is 1. The van der Waals surface area contributed by atoms with Crippen LogP contribution in [0.4, 0.5) is 0 Å². The molecule has 5 nitrogen and oxygen atoms in total. The molecule has 8 heteroatoms. The molecule has 0 aliphatic heterocycles. The van der Waals surface area contributed by atoms with Crippen LogP contribution in [0.15, 0.2) is 50.4 Å². The van der Waals surface area contributed by atoms with Crippen LogP contribution in [0.5, 0.6) is 11.5 Å². The number of carbonyl (C=O) groups is 1. The minimum Gasteiger partial charge on any atom is -0.503 e. The van der Waals surface area contributed by atoms with Gasteiger partial charge in [0.15, 0.2) is 11.5 Å². The first-order valence-electron chi connectivity index (χ1n) is 7.20. The molecule has 0 unspecified atom stereocenters. The van der Waals surface area contributed by atoms with Crippen molar-refractivity contribution in [1.82, 2.24) is 5.43 Å². The molecule has 0 atom stereocenters. The van der Waals surface area contributed by atoms with Crippen molar-refractivity contribution in [1.29, 1.82) is 0 Å². The van der Waals surface area contributed by atoms with E-state index >= 15 is 0 Å². The molecule has 1 amide bonds. The lowest BCUT2D eigenvalue weighted by Crippen LogP contribution is -2.19. The van der Waals surface area contributed by atoms with Gasteiger partial charge in [-0.1, -0.05) is 28.1 Å². The zero-order valence-corrected chi connectivity index (χ0v) is 17.3. The fourth-order valence-electron chi connectivity index (χ4n) is 1.92. The molecule has 25 heavy (non-hydrogen) atoms. The molecule has 0 bridgehead atoms. The van der Waals surface area contributed by atoms with Crippen LogP contribution in [0.1, 0.15) is 11.1 Å². The predicted molar refractivity (Wildman–Crippen MR) is 108 cm³/mol. The summed E-state index contributed by atoms with van der Waals surface area (Å²) in [6, 6.07) is 11.3. The number of phenols is 1. The van der Waals surface area contributed by atoms with Crippen LogP contribution in [0.3, 0.4) is 0 Å². The fraction of sp³-hybridized carbons (Fsp3) is 0.176. The lowest BCUT2D eigenvalue weighted by atomic mass is 10.2. The number of methoxy groups -OCH3 is 1. The van der Waals surface area contributed by atoms with Crippen molar-refractivity contribution in [3.63, 3.8) is 0 Å². The first kappa shape index (κ1) is 19.8. The van der Waals surface area contributed by atoms with Crippen LogP contribution in [-0.4, -0.2) is 30.1 Å². The number of nitrogens with zero attached hydrogens (tertiary/aromatic N) is 1. The van der Waals surface area contributed by atoms with Gasteiger partial charge in [0.1, 0.15) is 0 Å². The Morgan fingerprint density at radius 1 is 1.36 bits per heavy atom. The quantitative estimate of drug-likeness (QED) is 0.451. The Labute approximate surface area is 167 Å². The van der Waals surface area contributed by atoms with Gasteiger partial charge in [0, 0.05) is 10.2 Å². The molecule has 0 aliphatic rings. The summed E-state index contributed by atoms with van der Waals surface area (Å²) in [5.41, 5.74) is 4.32. The molecule has 0 radical (unpaired) electrons. The number of nitrogens with one attached hydrogen (secondary N) is 1. The van der Waals surface area contributed by atoms with Crippen molar-refractivity contribution >= 4 is 55.7 Å². The van der Waals surface area contributed by atoms with Crippen LogP contribution < -0.4 is 10.2 Å². The van der Waals surface area contributed by atoms with E-state index in [2.05, 4.69) is 42.4 Å². The van der Waals surface area contributed by atoms with Crippen molar-refractivity contribution < 1.29 is 14.6 Å². The Balaban J connectivity index is 1.81. The second-order valence-corrected chi connectivity index (χ2v) is 7.73. The fourth-order valence-corrected chi connectivity index (χ4v) is 3.60. The third-order valence-electron chi connectivity index (χ3n) is 3.06. The van der Waals surface area contributed by atoms with Gasteiger partial charge in [0.25, 0.3) is 0 Å². The van der Waals surface area contributed by atoms with Crippen LogP contribution in [0.2, 0.25) is 0 Å². The first-order chi connectivity index (χ1) is 12.0. The van der Waals surface area contributed by atoms with E-state index in [1.165, 1.54) is 25.1 Å². The average Bonchev–Trinajstić information content (AvgIpc) is 2.58. The number of thioether (sulfide) groups is 1. The zero-order chi connectivity index (χ0) is 18.2. The lowest BCUT2D eigenvalue weighted by Gasteiger charge is -2.06. The van der Waals surface area contributed by atoms with E-state index < -0.39 is 0 Å². The Morgan fingerprint density at radius 2 is 2.16 bits per heavy atom. The molecule has 0 aromatic heterocycles. The Hall–Kier alpha value is -1.51. The molecule has 2 aromatic carbocycles. The average molecular weight is 488 g/mol. The summed E-state index contributed by atoms with van der Waals surface area (Å²) in [6.07, 6.45) is 1.49. The summed E-state index contributed by atoms with van der Waals surface area (Å²) in [5, 5.41) is 13.7. The van der Waals surface area contributed by atoms with Gasteiger partial charge in [0.2, 0.25) is 5.91 Å². The van der Waals surface area contributed by atoms with Gasteiger partial charge in [-0.2, -0.15) is 5.10 Å².